The fourth-order valence-corrected chi connectivity index (χ4v) is 2.97. The minimum atomic E-state index is -0.158. The van der Waals surface area contributed by atoms with Crippen LogP contribution < -0.4 is 19.7 Å². The van der Waals surface area contributed by atoms with Gasteiger partial charge in [-0.2, -0.15) is 0 Å². The van der Waals surface area contributed by atoms with E-state index in [1.807, 2.05) is 7.05 Å². The first-order chi connectivity index (χ1) is 12.1. The quantitative estimate of drug-likeness (QED) is 0.848. The van der Waals surface area contributed by atoms with Gasteiger partial charge in [0.15, 0.2) is 0 Å². The first-order valence-corrected chi connectivity index (χ1v) is 8.12. The van der Waals surface area contributed by atoms with Gasteiger partial charge in [-0.05, 0) is 41.5 Å². The van der Waals surface area contributed by atoms with E-state index in [1.54, 1.807) is 37.1 Å². The Morgan fingerprint density at radius 1 is 1.24 bits per heavy atom. The average Bonchev–Trinajstić information content (AvgIpc) is 3.07. The van der Waals surface area contributed by atoms with Crippen LogP contribution in [0.15, 0.2) is 18.2 Å². The summed E-state index contributed by atoms with van der Waals surface area (Å²) in [5.74, 6) is 1.74. The zero-order valence-corrected chi connectivity index (χ0v) is 14.6. The molecule has 0 bridgehead atoms. The molecule has 2 aromatic rings. The van der Waals surface area contributed by atoms with E-state index in [-0.39, 0.29) is 11.9 Å². The summed E-state index contributed by atoms with van der Waals surface area (Å²) < 4.78 is 12.1. The summed E-state index contributed by atoms with van der Waals surface area (Å²) in [5, 5.41) is 14.6. The van der Waals surface area contributed by atoms with Crippen LogP contribution in [-0.2, 0) is 7.05 Å². The van der Waals surface area contributed by atoms with Crippen LogP contribution in [0.3, 0.4) is 0 Å². The molecule has 1 aromatic carbocycles. The second-order valence-corrected chi connectivity index (χ2v) is 5.90. The monoisotopic (exact) mass is 346 g/mol. The van der Waals surface area contributed by atoms with E-state index in [1.165, 1.54) is 0 Å². The maximum absolute atomic E-state index is 12.6. The highest BCUT2D eigenvalue weighted by Crippen LogP contribution is 2.24. The molecule has 9 heteroatoms. The van der Waals surface area contributed by atoms with Crippen LogP contribution in [0.5, 0.6) is 11.5 Å². The molecule has 1 N–H and O–H groups in total. The van der Waals surface area contributed by atoms with Crippen LogP contribution in [0.1, 0.15) is 23.2 Å². The molecule has 1 amide bonds. The van der Waals surface area contributed by atoms with E-state index < -0.39 is 0 Å². The second-order valence-electron chi connectivity index (χ2n) is 5.90. The number of rotatable bonds is 5. The molecule has 1 aliphatic heterocycles. The van der Waals surface area contributed by atoms with E-state index in [4.69, 9.17) is 9.47 Å². The van der Waals surface area contributed by atoms with Crippen molar-refractivity contribution >= 4 is 11.9 Å². The molecular weight excluding hydrogens is 324 g/mol. The molecule has 1 saturated heterocycles. The van der Waals surface area contributed by atoms with Crippen molar-refractivity contribution in [1.82, 2.24) is 25.5 Å². The molecule has 1 fully saturated rings. The molecule has 0 atom stereocenters. The van der Waals surface area contributed by atoms with Gasteiger partial charge in [0, 0.05) is 26.2 Å². The van der Waals surface area contributed by atoms with E-state index in [2.05, 4.69) is 25.7 Å². The van der Waals surface area contributed by atoms with Crippen LogP contribution in [-0.4, -0.2) is 59.5 Å². The molecule has 1 aromatic heterocycles. The summed E-state index contributed by atoms with van der Waals surface area (Å²) >= 11 is 0. The number of benzene rings is 1. The predicted molar refractivity (Wildman–Crippen MR) is 91.0 cm³/mol. The van der Waals surface area contributed by atoms with Gasteiger partial charge in [0.25, 0.3) is 5.91 Å². The Bertz CT molecular complexity index is 739. The number of piperidine rings is 1. The number of carbonyl (C=O) groups is 1. The minimum absolute atomic E-state index is 0.0980. The number of anilines is 1. The number of aromatic nitrogens is 4. The number of carbonyl (C=O) groups excluding carboxylic acids is 1. The molecule has 134 valence electrons. The lowest BCUT2D eigenvalue weighted by molar-refractivity contribution is 0.0927. The third-order valence-corrected chi connectivity index (χ3v) is 4.36. The van der Waals surface area contributed by atoms with E-state index >= 15 is 0 Å². The van der Waals surface area contributed by atoms with Gasteiger partial charge in [0.05, 0.1) is 19.8 Å². The van der Waals surface area contributed by atoms with Crippen LogP contribution in [0, 0.1) is 0 Å². The Kier molecular flexibility index (Phi) is 5.01. The number of hydrogen-bond donors (Lipinski definition) is 1. The van der Waals surface area contributed by atoms with Gasteiger partial charge in [-0.1, -0.05) is 5.10 Å². The lowest BCUT2D eigenvalue weighted by Crippen LogP contribution is -2.45. The highest BCUT2D eigenvalue weighted by molar-refractivity contribution is 5.97. The smallest absolute Gasteiger partial charge is 0.255 e. The molecule has 9 nitrogen and oxygen atoms in total. The number of amides is 1. The summed E-state index contributed by atoms with van der Waals surface area (Å²) in [7, 11) is 4.94. The van der Waals surface area contributed by atoms with Gasteiger partial charge < -0.3 is 19.7 Å². The number of nitrogens with one attached hydrogen (secondary N) is 1. The fourth-order valence-electron chi connectivity index (χ4n) is 2.97. The number of hydrogen-bond acceptors (Lipinski definition) is 7. The summed E-state index contributed by atoms with van der Waals surface area (Å²) in [4.78, 5) is 14.7. The Labute approximate surface area is 145 Å². The molecule has 2 heterocycles. The minimum Gasteiger partial charge on any atom is -0.497 e. The van der Waals surface area contributed by atoms with Gasteiger partial charge in [0.1, 0.15) is 11.5 Å². The number of nitrogens with zero attached hydrogens (tertiary/aromatic N) is 5. The van der Waals surface area contributed by atoms with Crippen molar-refractivity contribution in [3.63, 3.8) is 0 Å². The van der Waals surface area contributed by atoms with Gasteiger partial charge >= 0.3 is 0 Å². The second kappa shape index (κ2) is 7.37. The molecule has 0 radical (unpaired) electrons. The van der Waals surface area contributed by atoms with Gasteiger partial charge in [-0.15, -0.1) is 0 Å². The number of aryl methyl sites for hydroxylation is 1. The van der Waals surface area contributed by atoms with E-state index in [9.17, 15) is 4.79 Å². The number of tetrazole rings is 1. The van der Waals surface area contributed by atoms with Crippen molar-refractivity contribution in [3.05, 3.63) is 23.8 Å². The van der Waals surface area contributed by atoms with Crippen LogP contribution >= 0.6 is 0 Å². The first-order valence-electron chi connectivity index (χ1n) is 8.12. The zero-order chi connectivity index (χ0) is 17.8. The standard InChI is InChI=1S/C16H22N6O3/c1-21-16(18-19-20-21)22-8-6-11(7-9-22)17-15(23)13-10-12(24-2)4-5-14(13)25-3/h4-5,10-11H,6-9H2,1-3H3,(H,17,23). The lowest BCUT2D eigenvalue weighted by Gasteiger charge is -2.32. The third kappa shape index (κ3) is 3.65. The van der Waals surface area contributed by atoms with Gasteiger partial charge in [-0.3, -0.25) is 4.79 Å². The van der Waals surface area contributed by atoms with Crippen molar-refractivity contribution in [1.29, 1.82) is 0 Å². The van der Waals surface area contributed by atoms with E-state index in [0.717, 1.165) is 31.9 Å². The van der Waals surface area contributed by atoms with Crippen LogP contribution in [0.2, 0.25) is 0 Å². The van der Waals surface area contributed by atoms with Crippen molar-refractivity contribution in [2.75, 3.05) is 32.2 Å². The third-order valence-electron chi connectivity index (χ3n) is 4.36. The molecule has 3 rings (SSSR count). The largest absolute Gasteiger partial charge is 0.497 e. The number of ether oxygens (including phenoxy) is 2. The topological polar surface area (TPSA) is 94.4 Å². The summed E-state index contributed by atoms with van der Waals surface area (Å²) in [6.07, 6.45) is 1.65. The maximum atomic E-state index is 12.6. The average molecular weight is 346 g/mol. The zero-order valence-electron chi connectivity index (χ0n) is 14.6. The predicted octanol–water partition coefficient (Wildman–Crippen LogP) is 0.626. The summed E-state index contributed by atoms with van der Waals surface area (Å²) in [5.41, 5.74) is 0.474. The van der Waals surface area contributed by atoms with Crippen LogP contribution in [0.4, 0.5) is 5.95 Å². The van der Waals surface area contributed by atoms with Gasteiger partial charge in [-0.25, -0.2) is 4.68 Å². The lowest BCUT2D eigenvalue weighted by atomic mass is 10.0. The molecule has 1 aliphatic rings. The molecule has 0 spiro atoms. The molecule has 0 saturated carbocycles. The fraction of sp³-hybridized carbons (Fsp3) is 0.500. The SMILES string of the molecule is COc1ccc(OC)c(C(=O)NC2CCN(c3nnnn3C)CC2)c1. The Morgan fingerprint density at radius 2 is 2.00 bits per heavy atom. The number of methoxy groups -OCH3 is 2. The van der Waals surface area contributed by atoms with Crippen LogP contribution in [0.25, 0.3) is 0 Å². The Hall–Kier alpha value is -2.84. The Morgan fingerprint density at radius 3 is 2.60 bits per heavy atom. The van der Waals surface area contributed by atoms with Gasteiger partial charge in [0.2, 0.25) is 5.95 Å². The molecular formula is C16H22N6O3. The molecule has 0 unspecified atom stereocenters. The Balaban J connectivity index is 1.62. The first kappa shape index (κ1) is 17.0. The molecule has 0 aliphatic carbocycles. The van der Waals surface area contributed by atoms with Crippen molar-refractivity contribution in [3.8, 4) is 11.5 Å². The highest BCUT2D eigenvalue weighted by Gasteiger charge is 2.25. The van der Waals surface area contributed by atoms with E-state index in [0.29, 0.717) is 17.1 Å². The van der Waals surface area contributed by atoms with Crippen molar-refractivity contribution in [2.45, 2.75) is 18.9 Å². The highest BCUT2D eigenvalue weighted by atomic mass is 16.5. The maximum Gasteiger partial charge on any atom is 0.255 e. The molecule has 25 heavy (non-hydrogen) atoms. The normalized spacial score (nSPS) is 15.1. The van der Waals surface area contributed by atoms with Crippen molar-refractivity contribution < 1.29 is 14.3 Å². The summed E-state index contributed by atoms with van der Waals surface area (Å²) in [6, 6.07) is 5.29. The summed E-state index contributed by atoms with van der Waals surface area (Å²) in [6.45, 7) is 1.57. The van der Waals surface area contributed by atoms with Crippen molar-refractivity contribution in [2.24, 2.45) is 7.05 Å².